The Morgan fingerprint density at radius 1 is 1.44 bits per heavy atom. The summed E-state index contributed by atoms with van der Waals surface area (Å²) in [4.78, 5) is 22.4. The Hall–Kier alpha value is -1.31. The van der Waals surface area contributed by atoms with E-state index >= 15 is 0 Å². The number of urea groups is 1. The van der Waals surface area contributed by atoms with Crippen molar-refractivity contribution in [1.82, 2.24) is 10.6 Å². The summed E-state index contributed by atoms with van der Waals surface area (Å²) < 4.78 is 22.7. The molecule has 18 heavy (non-hydrogen) atoms. The standard InChI is InChI=1S/C10H18N2O5S/c1-3-7(8(13)14)11-9(15)12-10(2)4-5-18(16,17)6-10/h7H,3-6H2,1-2H3,(H,13,14)(H2,11,12,15)/t7-,10?/m0/s1. The third-order valence-corrected chi connectivity index (χ3v) is 4.83. The summed E-state index contributed by atoms with van der Waals surface area (Å²) in [5.41, 5.74) is -0.820. The monoisotopic (exact) mass is 278 g/mol. The second kappa shape index (κ2) is 5.13. The molecule has 0 aromatic carbocycles. The Balaban J connectivity index is 2.58. The van der Waals surface area contributed by atoms with E-state index in [1.54, 1.807) is 13.8 Å². The highest BCUT2D eigenvalue weighted by atomic mass is 32.2. The molecule has 1 fully saturated rings. The summed E-state index contributed by atoms with van der Waals surface area (Å²) in [5, 5.41) is 13.6. The van der Waals surface area contributed by atoms with Crippen LogP contribution < -0.4 is 10.6 Å². The molecule has 0 aromatic heterocycles. The number of amides is 2. The summed E-state index contributed by atoms with van der Waals surface area (Å²) in [6.45, 7) is 3.28. The second-order valence-corrected chi connectivity index (χ2v) is 6.98. The molecule has 1 rings (SSSR count). The number of carbonyl (C=O) groups excluding carboxylic acids is 1. The van der Waals surface area contributed by atoms with Gasteiger partial charge in [0.25, 0.3) is 0 Å². The fourth-order valence-corrected chi connectivity index (χ4v) is 4.01. The van der Waals surface area contributed by atoms with Crippen molar-refractivity contribution in [2.24, 2.45) is 0 Å². The number of rotatable bonds is 4. The smallest absolute Gasteiger partial charge is 0.326 e. The molecule has 0 aromatic rings. The molecule has 1 aliphatic heterocycles. The second-order valence-electron chi connectivity index (χ2n) is 4.80. The lowest BCUT2D eigenvalue weighted by Gasteiger charge is -2.25. The SMILES string of the molecule is CC[C@H](NC(=O)NC1(C)CCS(=O)(=O)C1)C(=O)O. The van der Waals surface area contributed by atoms with E-state index in [4.69, 9.17) is 5.11 Å². The largest absolute Gasteiger partial charge is 0.480 e. The highest BCUT2D eigenvalue weighted by Crippen LogP contribution is 2.22. The normalized spacial score (nSPS) is 27.4. The average Bonchev–Trinajstić information content (AvgIpc) is 2.48. The van der Waals surface area contributed by atoms with Gasteiger partial charge in [0.05, 0.1) is 17.0 Å². The molecule has 0 spiro atoms. The van der Waals surface area contributed by atoms with E-state index < -0.39 is 33.4 Å². The minimum absolute atomic E-state index is 0.0416. The van der Waals surface area contributed by atoms with Crippen LogP contribution in [0.1, 0.15) is 26.7 Å². The third kappa shape index (κ3) is 3.86. The van der Waals surface area contributed by atoms with E-state index in [9.17, 15) is 18.0 Å². The van der Waals surface area contributed by atoms with Gasteiger partial charge in [-0.3, -0.25) is 0 Å². The highest BCUT2D eigenvalue weighted by Gasteiger charge is 2.39. The molecule has 0 bridgehead atoms. The molecule has 0 radical (unpaired) electrons. The molecular weight excluding hydrogens is 260 g/mol. The maximum atomic E-state index is 11.6. The quantitative estimate of drug-likeness (QED) is 0.655. The van der Waals surface area contributed by atoms with Gasteiger partial charge in [0.15, 0.2) is 9.84 Å². The lowest BCUT2D eigenvalue weighted by atomic mass is 10.0. The first-order valence-electron chi connectivity index (χ1n) is 5.69. The molecule has 2 atom stereocenters. The van der Waals surface area contributed by atoms with Crippen LogP contribution in [0.25, 0.3) is 0 Å². The van der Waals surface area contributed by atoms with E-state index in [-0.39, 0.29) is 17.9 Å². The van der Waals surface area contributed by atoms with Gasteiger partial charge in [-0.25, -0.2) is 18.0 Å². The highest BCUT2D eigenvalue weighted by molar-refractivity contribution is 7.91. The van der Waals surface area contributed by atoms with Crippen LogP contribution in [0.2, 0.25) is 0 Å². The van der Waals surface area contributed by atoms with Crippen molar-refractivity contribution in [2.75, 3.05) is 11.5 Å². The van der Waals surface area contributed by atoms with Gasteiger partial charge < -0.3 is 15.7 Å². The lowest BCUT2D eigenvalue weighted by molar-refractivity contribution is -0.139. The Morgan fingerprint density at radius 2 is 2.06 bits per heavy atom. The zero-order valence-corrected chi connectivity index (χ0v) is 11.2. The summed E-state index contributed by atoms with van der Waals surface area (Å²) >= 11 is 0. The topological polar surface area (TPSA) is 113 Å². The van der Waals surface area contributed by atoms with Crippen molar-refractivity contribution in [3.63, 3.8) is 0 Å². The number of carbonyl (C=O) groups is 2. The Labute approximate surface area is 106 Å². The Bertz CT molecular complexity index is 447. The van der Waals surface area contributed by atoms with Crippen LogP contribution in [0.4, 0.5) is 4.79 Å². The number of aliphatic carboxylic acids is 1. The predicted octanol–water partition coefficient (Wildman–Crippen LogP) is -0.274. The van der Waals surface area contributed by atoms with Crippen LogP contribution in [0, 0.1) is 0 Å². The molecule has 1 heterocycles. The predicted molar refractivity (Wildman–Crippen MR) is 65.1 cm³/mol. The maximum Gasteiger partial charge on any atom is 0.326 e. The number of hydrogen-bond donors (Lipinski definition) is 3. The van der Waals surface area contributed by atoms with Gasteiger partial charge in [0.1, 0.15) is 6.04 Å². The molecule has 1 aliphatic rings. The first-order chi connectivity index (χ1) is 8.17. The van der Waals surface area contributed by atoms with Crippen LogP contribution in [0.3, 0.4) is 0 Å². The molecule has 7 nitrogen and oxygen atoms in total. The van der Waals surface area contributed by atoms with Crippen LogP contribution >= 0.6 is 0 Å². The van der Waals surface area contributed by atoms with Crippen molar-refractivity contribution in [3.05, 3.63) is 0 Å². The average molecular weight is 278 g/mol. The van der Waals surface area contributed by atoms with Crippen molar-refractivity contribution in [3.8, 4) is 0 Å². The molecule has 0 aliphatic carbocycles. The minimum Gasteiger partial charge on any atom is -0.480 e. The first-order valence-corrected chi connectivity index (χ1v) is 7.51. The zero-order chi connectivity index (χ0) is 14.0. The van der Waals surface area contributed by atoms with E-state index in [0.29, 0.717) is 6.42 Å². The number of carboxylic acid groups (broad SMARTS) is 1. The fraction of sp³-hybridized carbons (Fsp3) is 0.800. The van der Waals surface area contributed by atoms with Crippen molar-refractivity contribution < 1.29 is 23.1 Å². The molecule has 1 saturated heterocycles. The summed E-state index contributed by atoms with van der Waals surface area (Å²) in [6.07, 6.45) is 0.602. The van der Waals surface area contributed by atoms with Crippen LogP contribution in [0.5, 0.6) is 0 Å². The van der Waals surface area contributed by atoms with E-state index in [1.165, 1.54) is 0 Å². The van der Waals surface area contributed by atoms with Crippen molar-refractivity contribution in [1.29, 1.82) is 0 Å². The van der Waals surface area contributed by atoms with E-state index in [2.05, 4.69) is 10.6 Å². The molecular formula is C10H18N2O5S. The third-order valence-electron chi connectivity index (χ3n) is 2.93. The van der Waals surface area contributed by atoms with Gasteiger partial charge >= 0.3 is 12.0 Å². The van der Waals surface area contributed by atoms with Gasteiger partial charge in [-0.05, 0) is 19.8 Å². The maximum absolute atomic E-state index is 11.6. The van der Waals surface area contributed by atoms with Crippen LogP contribution in [0.15, 0.2) is 0 Å². The fourth-order valence-electron chi connectivity index (χ4n) is 1.92. The molecule has 2 amide bonds. The Kier molecular flexibility index (Phi) is 4.20. The molecule has 1 unspecified atom stereocenters. The Morgan fingerprint density at radius 3 is 2.44 bits per heavy atom. The van der Waals surface area contributed by atoms with Gasteiger partial charge in [-0.1, -0.05) is 6.92 Å². The first kappa shape index (κ1) is 14.7. The lowest BCUT2D eigenvalue weighted by Crippen LogP contribution is -2.54. The summed E-state index contributed by atoms with van der Waals surface area (Å²) in [5.74, 6) is -1.19. The molecule has 8 heteroatoms. The molecule has 3 N–H and O–H groups in total. The van der Waals surface area contributed by atoms with Crippen LogP contribution in [-0.4, -0.2) is 48.6 Å². The van der Waals surface area contributed by atoms with Gasteiger partial charge in [0, 0.05) is 0 Å². The van der Waals surface area contributed by atoms with Gasteiger partial charge in [-0.2, -0.15) is 0 Å². The van der Waals surface area contributed by atoms with E-state index in [1.807, 2.05) is 0 Å². The minimum atomic E-state index is -3.11. The summed E-state index contributed by atoms with van der Waals surface area (Å²) in [7, 11) is -3.11. The molecule has 104 valence electrons. The zero-order valence-electron chi connectivity index (χ0n) is 10.4. The van der Waals surface area contributed by atoms with Crippen molar-refractivity contribution >= 4 is 21.8 Å². The number of nitrogens with one attached hydrogen (secondary N) is 2. The van der Waals surface area contributed by atoms with Gasteiger partial charge in [0.2, 0.25) is 0 Å². The van der Waals surface area contributed by atoms with Gasteiger partial charge in [-0.15, -0.1) is 0 Å². The summed E-state index contributed by atoms with van der Waals surface area (Å²) in [6, 6.07) is -1.62. The number of carboxylic acids is 1. The number of hydrogen-bond acceptors (Lipinski definition) is 4. The van der Waals surface area contributed by atoms with Crippen molar-refractivity contribution in [2.45, 2.75) is 38.3 Å². The van der Waals surface area contributed by atoms with Crippen LogP contribution in [-0.2, 0) is 14.6 Å². The molecule has 0 saturated carbocycles. The van der Waals surface area contributed by atoms with E-state index in [0.717, 1.165) is 0 Å². The number of sulfone groups is 1.